The van der Waals surface area contributed by atoms with Gasteiger partial charge in [0.1, 0.15) is 36.5 Å². The zero-order valence-corrected chi connectivity index (χ0v) is 69.2. The van der Waals surface area contributed by atoms with Crippen molar-refractivity contribution in [3.63, 3.8) is 0 Å². The first-order chi connectivity index (χ1) is 54.0. The van der Waals surface area contributed by atoms with E-state index in [-0.39, 0.29) is 151 Å². The Hall–Kier alpha value is -5.07. The number of hydrogen-bond donors (Lipinski definition) is 16. The monoisotopic (exact) mass is 1680 g/mol. The second kappa shape index (κ2) is 53.5. The van der Waals surface area contributed by atoms with Crippen LogP contribution in [-0.2, 0) is 94.1 Å². The van der Waals surface area contributed by atoms with E-state index >= 15 is 0 Å². The van der Waals surface area contributed by atoms with Gasteiger partial charge in [-0.15, -0.1) is 0 Å². The number of likely N-dealkylation sites (tertiary alicyclic amines) is 3. The summed E-state index contributed by atoms with van der Waals surface area (Å²) in [5.74, 6) is -2.84. The Morgan fingerprint density at radius 3 is 1.42 bits per heavy atom. The lowest BCUT2D eigenvalue weighted by Gasteiger charge is -2.42. The van der Waals surface area contributed by atoms with Crippen molar-refractivity contribution in [2.75, 3.05) is 105 Å². The number of hydrogen-bond acceptors (Lipinski definition) is 28. The normalized spacial score (nSPS) is 24.2. The fourth-order valence-electron chi connectivity index (χ4n) is 13.6. The molecule has 0 radical (unpaired) electrons. The average Bonchev–Trinajstić information content (AvgIpc) is 0.987. The number of unbranched alkanes of at least 4 members (excludes halogenated alkanes) is 9. The van der Waals surface area contributed by atoms with Crippen molar-refractivity contribution < 1.29 is 145 Å². The maximum absolute atomic E-state index is 14.1. The topological polar surface area (TPSA) is 555 Å². The molecule has 10 unspecified atom stereocenters. The molecule has 4 fully saturated rings. The highest BCUT2D eigenvalue weighted by atomic mass is 31.2. The van der Waals surface area contributed by atoms with E-state index in [0.717, 1.165) is 0 Å². The van der Waals surface area contributed by atoms with Crippen molar-refractivity contribution >= 4 is 68.8 Å². The van der Waals surface area contributed by atoms with E-state index in [1.54, 1.807) is 4.90 Å². The van der Waals surface area contributed by atoms with Gasteiger partial charge in [-0.1, -0.05) is 40.0 Å². The molecule has 0 aromatic heterocycles. The van der Waals surface area contributed by atoms with Gasteiger partial charge in [0.15, 0.2) is 18.9 Å². The van der Waals surface area contributed by atoms with E-state index in [2.05, 4.69) is 31.9 Å². The molecule has 4 saturated heterocycles. The van der Waals surface area contributed by atoms with Crippen molar-refractivity contribution in [1.29, 1.82) is 0 Å². The van der Waals surface area contributed by atoms with Crippen LogP contribution in [0, 0.1) is 11.3 Å². The predicted octanol–water partition coefficient (Wildman–Crippen LogP) is 0.0182. The summed E-state index contributed by atoms with van der Waals surface area (Å²) in [7, 11) is -9.94. The standard InChI is InChI=1S/C73H133N9O30P2/c1-48(87)59(44-85)109-71(58(43-84)78-50(3)89)105-33-21-15-24-62(92)75-31-19-10-13-28-66(96)82-41-57(112-113(100,101)107-46-54-35-52(73(5,6)7)39-80(54)64(94)26-11-8-17-29-74-61(91)23-14-20-32-104-67(97)38-77-49(2)88)37-55(82)47-108-114(102,103)111-56-36-53(42-83)81(40-56)65(95)27-12-9-18-30-76-63(93)25-16-22-34-106-72-68(79-51(4)90)70(99)69(98)60(45-86)110-72/h48,52-60,67-72,83-87,97-99H,8-47H2,1-7H3,(H,74,91)(H,75,92)(H,76,93)(H,77,88)(H,78,89)(H,79,90)(H,100,101)(H,102,103)/t48-,52?,53+,54+,55+,56-,57-,58+,59?,60?,67+,68?,69?,70?,71?,72?/m1/s1. The zero-order valence-electron chi connectivity index (χ0n) is 67.4. The molecule has 39 nitrogen and oxygen atoms in total. The highest BCUT2D eigenvalue weighted by molar-refractivity contribution is 7.47. The van der Waals surface area contributed by atoms with E-state index in [1.165, 1.54) is 37.5 Å². The third-order valence-corrected chi connectivity index (χ3v) is 22.2. The maximum Gasteiger partial charge on any atom is 0.472 e. The second-order valence-corrected chi connectivity index (χ2v) is 33.6. The van der Waals surface area contributed by atoms with Gasteiger partial charge < -0.3 is 121 Å². The molecule has 4 aliphatic heterocycles. The number of phosphoric ester groups is 2. The van der Waals surface area contributed by atoms with Gasteiger partial charge in [-0.25, -0.2) is 9.13 Å². The highest BCUT2D eigenvalue weighted by Crippen LogP contribution is 2.50. The van der Waals surface area contributed by atoms with Gasteiger partial charge in [-0.05, 0) is 115 Å². The van der Waals surface area contributed by atoms with E-state index < -0.39 is 158 Å². The molecule has 0 saturated carbocycles. The molecule has 4 heterocycles. The van der Waals surface area contributed by atoms with Crippen molar-refractivity contribution in [3.05, 3.63) is 0 Å². The largest absolute Gasteiger partial charge is 0.472 e. The van der Waals surface area contributed by atoms with Crippen LogP contribution in [0.25, 0.3) is 0 Å². The summed E-state index contributed by atoms with van der Waals surface area (Å²) in [6.45, 7) is 9.42. The number of aliphatic hydroxyl groups excluding tert-OH is 8. The van der Waals surface area contributed by atoms with Crippen LogP contribution in [0.2, 0.25) is 0 Å². The smallest absolute Gasteiger partial charge is 0.394 e. The van der Waals surface area contributed by atoms with E-state index in [4.69, 9.17) is 41.8 Å². The minimum Gasteiger partial charge on any atom is -0.394 e. The number of aliphatic hydroxyl groups is 8. The molecule has 0 aromatic carbocycles. The first kappa shape index (κ1) is 101. The molecule has 0 spiro atoms. The van der Waals surface area contributed by atoms with Gasteiger partial charge in [0.05, 0.1) is 82.6 Å². The number of rotatable bonds is 58. The Morgan fingerprint density at radius 1 is 0.526 bits per heavy atom. The number of carbonyl (C=O) groups is 9. The quantitative estimate of drug-likeness (QED) is 0.0217. The zero-order chi connectivity index (χ0) is 84.6. The lowest BCUT2D eigenvalue weighted by Crippen LogP contribution is -2.64. The average molecular weight is 1680 g/mol. The maximum atomic E-state index is 14.1. The van der Waals surface area contributed by atoms with Crippen molar-refractivity contribution in [3.8, 4) is 0 Å². The molecular formula is C73H133N9O30P2. The molecular weight excluding hydrogens is 1540 g/mol. The number of phosphoric acid groups is 2. The number of amides is 9. The predicted molar refractivity (Wildman–Crippen MR) is 408 cm³/mol. The summed E-state index contributed by atoms with van der Waals surface area (Å²) in [5, 5.41) is 95.8. The third-order valence-electron chi connectivity index (χ3n) is 20.1. The Labute approximate surface area is 668 Å². The Kier molecular flexibility index (Phi) is 47.5. The Bertz CT molecular complexity index is 3000. The van der Waals surface area contributed by atoms with E-state index in [9.17, 15) is 103 Å². The van der Waals surface area contributed by atoms with Gasteiger partial charge in [0.25, 0.3) is 0 Å². The van der Waals surface area contributed by atoms with Gasteiger partial charge >= 0.3 is 15.6 Å². The van der Waals surface area contributed by atoms with Crippen LogP contribution in [0.15, 0.2) is 0 Å². The first-order valence-electron chi connectivity index (χ1n) is 40.1. The number of nitrogens with one attached hydrogen (secondary N) is 6. The summed E-state index contributed by atoms with van der Waals surface area (Å²) in [4.78, 5) is 141. The lowest BCUT2D eigenvalue weighted by molar-refractivity contribution is -0.270. The van der Waals surface area contributed by atoms with Crippen LogP contribution in [0.5, 0.6) is 0 Å². The molecule has 660 valence electrons. The van der Waals surface area contributed by atoms with Crippen molar-refractivity contribution in [2.24, 2.45) is 11.3 Å². The summed E-state index contributed by atoms with van der Waals surface area (Å²) >= 11 is 0. The van der Waals surface area contributed by atoms with Gasteiger partial charge in [0, 0.05) is 118 Å². The number of ether oxygens (including phenoxy) is 5. The molecule has 0 bridgehead atoms. The van der Waals surface area contributed by atoms with Crippen LogP contribution in [0.1, 0.15) is 203 Å². The summed E-state index contributed by atoms with van der Waals surface area (Å²) < 4.78 is 78.1. The van der Waals surface area contributed by atoms with Crippen LogP contribution < -0.4 is 31.9 Å². The van der Waals surface area contributed by atoms with Gasteiger partial charge in [-0.3, -0.25) is 61.2 Å². The number of carbonyl (C=O) groups excluding carboxylic acids is 9. The molecule has 0 aromatic rings. The van der Waals surface area contributed by atoms with Crippen molar-refractivity contribution in [1.82, 2.24) is 46.6 Å². The molecule has 16 N–H and O–H groups in total. The molecule has 9 amide bonds. The molecule has 4 rings (SSSR count). The van der Waals surface area contributed by atoms with E-state index in [1.807, 2.05) is 20.8 Å². The minimum absolute atomic E-state index is 0.00630. The van der Waals surface area contributed by atoms with Gasteiger partial charge in [-0.2, -0.15) is 0 Å². The molecule has 0 aliphatic carbocycles. The number of nitrogens with zero attached hydrogens (tertiary/aromatic N) is 3. The molecule has 4 aliphatic rings. The highest BCUT2D eigenvalue weighted by Gasteiger charge is 2.48. The second-order valence-electron chi connectivity index (χ2n) is 30.8. The van der Waals surface area contributed by atoms with Crippen LogP contribution in [0.4, 0.5) is 0 Å². The molecule has 41 heteroatoms. The Morgan fingerprint density at radius 2 is 0.982 bits per heavy atom. The van der Waals surface area contributed by atoms with E-state index in [0.29, 0.717) is 122 Å². The Balaban J connectivity index is 1.29. The summed E-state index contributed by atoms with van der Waals surface area (Å²) in [6, 6.07) is -4.46. The summed E-state index contributed by atoms with van der Waals surface area (Å²) in [6.07, 6.45) is -3.73. The van der Waals surface area contributed by atoms with Gasteiger partial charge in [0.2, 0.25) is 53.2 Å². The fraction of sp³-hybridized carbons (Fsp3) is 0.877. The fourth-order valence-corrected chi connectivity index (χ4v) is 15.5. The van der Waals surface area contributed by atoms with Crippen LogP contribution >= 0.6 is 15.6 Å². The minimum atomic E-state index is -4.99. The SMILES string of the molecule is CC(=O)NC[C@@H](O)OCCCCC(=O)NCCCCCC(=O)N1CC(C(C)(C)C)C[C@H]1COP(=O)(O)O[C@@H]1C[C@@H](COP(=O)(O)O[C@@H]2C[C@@H](CO)N(C(=O)CCCCCNC(=O)CCCCOC3OC(CO)C(O)C(O)C3NC(C)=O)C2)N(C(=O)CCCCCNC(=O)CCCCOC(OC(CO)[C@@H](C)O)[C@H](CO)NC(C)=O)C1. The summed E-state index contributed by atoms with van der Waals surface area (Å²) in [5.41, 5.74) is -0.246. The van der Waals surface area contributed by atoms with Crippen LogP contribution in [-0.4, -0.2) is 316 Å². The van der Waals surface area contributed by atoms with Crippen molar-refractivity contribution in [2.45, 2.75) is 294 Å². The third kappa shape index (κ3) is 39.2. The molecule has 114 heavy (non-hydrogen) atoms. The lowest BCUT2D eigenvalue weighted by atomic mass is 9.79. The molecule has 18 atom stereocenters. The first-order valence-corrected chi connectivity index (χ1v) is 43.1. The van der Waals surface area contributed by atoms with Crippen LogP contribution in [0.3, 0.4) is 0 Å².